The first-order chi connectivity index (χ1) is 7.26. The van der Waals surface area contributed by atoms with Crippen LogP contribution in [0, 0.1) is 0 Å². The molecule has 2 atom stereocenters. The molecule has 1 aliphatic rings. The third-order valence-electron chi connectivity index (χ3n) is 2.78. The van der Waals surface area contributed by atoms with Gasteiger partial charge in [0.15, 0.2) is 0 Å². The number of hydrogen-bond acceptors (Lipinski definition) is 4. The Morgan fingerprint density at radius 2 is 2.33 bits per heavy atom. The monoisotopic (exact) mass is 216 g/mol. The normalized spacial score (nSPS) is 25.4. The van der Waals surface area contributed by atoms with Crippen molar-refractivity contribution in [2.45, 2.75) is 32.5 Å². The van der Waals surface area contributed by atoms with Crippen LogP contribution in [0.25, 0.3) is 0 Å². The maximum absolute atomic E-state index is 9.75. The van der Waals surface area contributed by atoms with Crippen molar-refractivity contribution in [3.8, 4) is 0 Å². The van der Waals surface area contributed by atoms with Gasteiger partial charge in [-0.1, -0.05) is 13.8 Å². The van der Waals surface area contributed by atoms with Gasteiger partial charge in [-0.25, -0.2) is 0 Å². The lowest BCUT2D eigenvalue weighted by Gasteiger charge is -2.33. The number of aliphatic hydroxyl groups excluding tert-OH is 1. The number of morpholine rings is 1. The summed E-state index contributed by atoms with van der Waals surface area (Å²) in [6.45, 7) is 9.25. The fourth-order valence-corrected chi connectivity index (χ4v) is 1.87. The van der Waals surface area contributed by atoms with Gasteiger partial charge in [-0.15, -0.1) is 0 Å². The van der Waals surface area contributed by atoms with Crippen molar-refractivity contribution in [3.63, 3.8) is 0 Å². The third kappa shape index (κ3) is 4.93. The molecule has 0 aromatic rings. The van der Waals surface area contributed by atoms with Gasteiger partial charge in [0.2, 0.25) is 0 Å². The highest BCUT2D eigenvalue weighted by molar-refractivity contribution is 4.73. The van der Waals surface area contributed by atoms with Crippen LogP contribution in [0.4, 0.5) is 0 Å². The highest BCUT2D eigenvalue weighted by atomic mass is 16.5. The second-order valence-corrected chi connectivity index (χ2v) is 4.12. The van der Waals surface area contributed by atoms with Gasteiger partial charge in [0.1, 0.15) is 0 Å². The molecule has 15 heavy (non-hydrogen) atoms. The Morgan fingerprint density at radius 3 is 3.00 bits per heavy atom. The van der Waals surface area contributed by atoms with Crippen LogP contribution in [0.15, 0.2) is 0 Å². The molecule has 1 saturated heterocycles. The topological polar surface area (TPSA) is 44.7 Å². The maximum atomic E-state index is 9.75. The van der Waals surface area contributed by atoms with Gasteiger partial charge in [-0.3, -0.25) is 4.90 Å². The summed E-state index contributed by atoms with van der Waals surface area (Å²) >= 11 is 0. The number of ether oxygens (including phenoxy) is 1. The molecule has 2 unspecified atom stereocenters. The molecule has 0 saturated carbocycles. The van der Waals surface area contributed by atoms with Crippen molar-refractivity contribution in [2.24, 2.45) is 0 Å². The van der Waals surface area contributed by atoms with Crippen LogP contribution >= 0.6 is 0 Å². The number of likely N-dealkylation sites (N-methyl/N-ethyl adjacent to an activating group) is 1. The highest BCUT2D eigenvalue weighted by Gasteiger charge is 2.20. The average Bonchev–Trinajstić information content (AvgIpc) is 2.26. The van der Waals surface area contributed by atoms with Crippen molar-refractivity contribution in [3.05, 3.63) is 0 Å². The van der Waals surface area contributed by atoms with Crippen LogP contribution in [-0.4, -0.2) is 61.5 Å². The molecule has 1 fully saturated rings. The van der Waals surface area contributed by atoms with E-state index in [9.17, 15) is 5.11 Å². The molecular weight excluding hydrogens is 192 g/mol. The zero-order valence-corrected chi connectivity index (χ0v) is 9.91. The van der Waals surface area contributed by atoms with Crippen molar-refractivity contribution < 1.29 is 9.84 Å². The summed E-state index contributed by atoms with van der Waals surface area (Å²) in [6, 6.07) is 0. The molecule has 90 valence electrons. The SMILES string of the molecule is CCNCC(O)CN1CCOC(CC)C1. The van der Waals surface area contributed by atoms with Crippen molar-refractivity contribution in [1.29, 1.82) is 0 Å². The van der Waals surface area contributed by atoms with Gasteiger partial charge in [-0.2, -0.15) is 0 Å². The van der Waals surface area contributed by atoms with Crippen molar-refractivity contribution in [1.82, 2.24) is 10.2 Å². The molecule has 0 aromatic carbocycles. The zero-order chi connectivity index (χ0) is 11.1. The Labute approximate surface area is 92.6 Å². The molecule has 0 spiro atoms. The van der Waals surface area contributed by atoms with E-state index in [-0.39, 0.29) is 6.10 Å². The Hall–Kier alpha value is -0.160. The predicted octanol–water partition coefficient (Wildman–Crippen LogP) is 0.0676. The summed E-state index contributed by atoms with van der Waals surface area (Å²) in [7, 11) is 0. The molecule has 1 aliphatic heterocycles. The number of rotatable bonds is 6. The van der Waals surface area contributed by atoms with Gasteiger partial charge >= 0.3 is 0 Å². The van der Waals surface area contributed by atoms with Gasteiger partial charge < -0.3 is 15.2 Å². The Kier molecular flexibility index (Phi) is 6.17. The third-order valence-corrected chi connectivity index (χ3v) is 2.78. The minimum Gasteiger partial charge on any atom is -0.390 e. The molecule has 0 aliphatic carbocycles. The lowest BCUT2D eigenvalue weighted by Crippen LogP contribution is -2.47. The fraction of sp³-hybridized carbons (Fsp3) is 1.00. The van der Waals surface area contributed by atoms with Gasteiger partial charge in [0.25, 0.3) is 0 Å². The number of β-amino-alcohol motifs (C(OH)–C–C–N with tert-alkyl or cyclic N) is 1. The van der Waals surface area contributed by atoms with Gasteiger partial charge in [0, 0.05) is 26.2 Å². The van der Waals surface area contributed by atoms with Crippen LogP contribution in [0.1, 0.15) is 20.3 Å². The summed E-state index contributed by atoms with van der Waals surface area (Å²) in [6.07, 6.45) is 1.14. The smallest absolute Gasteiger partial charge is 0.0791 e. The van der Waals surface area contributed by atoms with E-state index in [1.807, 2.05) is 0 Å². The average molecular weight is 216 g/mol. The van der Waals surface area contributed by atoms with E-state index in [0.29, 0.717) is 12.6 Å². The van der Waals surface area contributed by atoms with E-state index in [0.717, 1.165) is 39.2 Å². The predicted molar refractivity (Wildman–Crippen MR) is 61.0 cm³/mol. The van der Waals surface area contributed by atoms with Crippen LogP contribution < -0.4 is 5.32 Å². The zero-order valence-electron chi connectivity index (χ0n) is 9.91. The van der Waals surface area contributed by atoms with Crippen molar-refractivity contribution in [2.75, 3.05) is 39.3 Å². The minimum atomic E-state index is -0.263. The molecular formula is C11H24N2O2. The molecule has 0 aromatic heterocycles. The van der Waals surface area contributed by atoms with E-state index in [4.69, 9.17) is 4.74 Å². The molecule has 1 rings (SSSR count). The second-order valence-electron chi connectivity index (χ2n) is 4.12. The highest BCUT2D eigenvalue weighted by Crippen LogP contribution is 2.08. The number of nitrogens with one attached hydrogen (secondary N) is 1. The van der Waals surface area contributed by atoms with Gasteiger partial charge in [0.05, 0.1) is 18.8 Å². The first-order valence-electron chi connectivity index (χ1n) is 5.99. The summed E-state index contributed by atoms with van der Waals surface area (Å²) < 4.78 is 5.58. The molecule has 1 heterocycles. The quantitative estimate of drug-likeness (QED) is 0.659. The molecule has 4 nitrogen and oxygen atoms in total. The Bertz CT molecular complexity index is 167. The van der Waals surface area contributed by atoms with E-state index < -0.39 is 0 Å². The minimum absolute atomic E-state index is 0.263. The first kappa shape index (κ1) is 12.9. The fourth-order valence-electron chi connectivity index (χ4n) is 1.87. The van der Waals surface area contributed by atoms with Crippen molar-refractivity contribution >= 4 is 0 Å². The summed E-state index contributed by atoms with van der Waals surface area (Å²) in [5.41, 5.74) is 0. The molecule has 4 heteroatoms. The molecule has 0 radical (unpaired) electrons. The summed E-state index contributed by atoms with van der Waals surface area (Å²) in [5.74, 6) is 0. The van der Waals surface area contributed by atoms with E-state index in [1.165, 1.54) is 0 Å². The largest absolute Gasteiger partial charge is 0.390 e. The van der Waals surface area contributed by atoms with Gasteiger partial charge in [-0.05, 0) is 13.0 Å². The van der Waals surface area contributed by atoms with E-state index in [2.05, 4.69) is 24.1 Å². The number of nitrogens with zero attached hydrogens (tertiary/aromatic N) is 1. The van der Waals surface area contributed by atoms with Crippen LogP contribution in [0.3, 0.4) is 0 Å². The number of aliphatic hydroxyl groups is 1. The Balaban J connectivity index is 2.19. The lowest BCUT2D eigenvalue weighted by molar-refractivity contribution is -0.0412. The maximum Gasteiger partial charge on any atom is 0.0791 e. The van der Waals surface area contributed by atoms with Crippen LogP contribution in [0.2, 0.25) is 0 Å². The molecule has 2 N–H and O–H groups in total. The molecule has 0 amide bonds. The second kappa shape index (κ2) is 7.17. The molecule has 0 bridgehead atoms. The summed E-state index contributed by atoms with van der Waals surface area (Å²) in [5, 5.41) is 12.9. The standard InChI is InChI=1S/C11H24N2O2/c1-3-11-9-13(5-6-15-11)8-10(14)7-12-4-2/h10-12,14H,3-9H2,1-2H3. The number of hydrogen-bond donors (Lipinski definition) is 2. The van der Waals surface area contributed by atoms with E-state index in [1.54, 1.807) is 0 Å². The Morgan fingerprint density at radius 1 is 1.53 bits per heavy atom. The summed E-state index contributed by atoms with van der Waals surface area (Å²) in [4.78, 5) is 2.29. The lowest BCUT2D eigenvalue weighted by atomic mass is 10.2. The van der Waals surface area contributed by atoms with Crippen LogP contribution in [-0.2, 0) is 4.74 Å². The van der Waals surface area contributed by atoms with Crippen LogP contribution in [0.5, 0.6) is 0 Å². The first-order valence-corrected chi connectivity index (χ1v) is 5.99. The van der Waals surface area contributed by atoms with E-state index >= 15 is 0 Å².